The summed E-state index contributed by atoms with van der Waals surface area (Å²) in [5.41, 5.74) is 3.38. The van der Waals surface area contributed by atoms with Gasteiger partial charge in [-0.3, -0.25) is 9.00 Å². The minimum Gasteiger partial charge on any atom is -0.478 e. The quantitative estimate of drug-likeness (QED) is 0.626. The van der Waals surface area contributed by atoms with Gasteiger partial charge in [0.1, 0.15) is 0 Å². The molecular formula is C22H18O4S. The van der Waals surface area contributed by atoms with E-state index in [1.54, 1.807) is 24.3 Å². The Hall–Kier alpha value is -3.05. The number of ketones is 1. The van der Waals surface area contributed by atoms with Gasteiger partial charge in [0.2, 0.25) is 0 Å². The van der Waals surface area contributed by atoms with Gasteiger partial charge in [0.25, 0.3) is 0 Å². The predicted molar refractivity (Wildman–Crippen MR) is 106 cm³/mol. The maximum atomic E-state index is 12.4. The number of carboxylic acids is 1. The van der Waals surface area contributed by atoms with E-state index in [1.165, 1.54) is 12.1 Å². The van der Waals surface area contributed by atoms with Gasteiger partial charge in [0.15, 0.2) is 5.78 Å². The van der Waals surface area contributed by atoms with Crippen LogP contribution in [-0.4, -0.2) is 26.8 Å². The molecule has 0 aromatic heterocycles. The smallest absolute Gasteiger partial charge is 0.335 e. The highest BCUT2D eigenvalue weighted by Gasteiger charge is 2.12. The molecule has 5 heteroatoms. The lowest BCUT2D eigenvalue weighted by molar-refractivity contribution is 0.0696. The lowest BCUT2D eigenvalue weighted by atomic mass is 10.0. The van der Waals surface area contributed by atoms with Crippen LogP contribution in [0.1, 0.15) is 26.3 Å². The second kappa shape index (κ2) is 8.56. The van der Waals surface area contributed by atoms with Crippen molar-refractivity contribution in [3.05, 3.63) is 95.6 Å². The van der Waals surface area contributed by atoms with Crippen LogP contribution in [0.25, 0.3) is 11.1 Å². The third-order valence-corrected chi connectivity index (χ3v) is 5.35. The molecule has 0 heterocycles. The molecule has 1 atom stereocenters. The van der Waals surface area contributed by atoms with Crippen molar-refractivity contribution < 1.29 is 18.9 Å². The Balaban J connectivity index is 1.64. The van der Waals surface area contributed by atoms with Gasteiger partial charge in [-0.1, -0.05) is 66.7 Å². The average molecular weight is 378 g/mol. The second-order valence-corrected chi connectivity index (χ2v) is 7.56. The van der Waals surface area contributed by atoms with Crippen molar-refractivity contribution in [2.75, 3.05) is 5.75 Å². The standard InChI is InChI=1S/C22H18O4S/c23-21(15-27(26)14-16-5-4-8-20(13-16)22(24)25)19-11-9-18(10-12-19)17-6-2-1-3-7-17/h1-13H,14-15H2,(H,24,25). The second-order valence-electron chi connectivity index (χ2n) is 6.10. The van der Waals surface area contributed by atoms with Crippen molar-refractivity contribution >= 4 is 22.6 Å². The summed E-state index contributed by atoms with van der Waals surface area (Å²) in [6, 6.07) is 23.4. The summed E-state index contributed by atoms with van der Waals surface area (Å²) in [7, 11) is -1.41. The van der Waals surface area contributed by atoms with Crippen molar-refractivity contribution in [1.29, 1.82) is 0 Å². The molecular weight excluding hydrogens is 360 g/mol. The first kappa shape index (κ1) is 18.7. The molecule has 0 aliphatic heterocycles. The molecule has 3 rings (SSSR count). The molecule has 0 bridgehead atoms. The predicted octanol–water partition coefficient (Wildman–Crippen LogP) is 4.18. The van der Waals surface area contributed by atoms with Crippen LogP contribution in [0.5, 0.6) is 0 Å². The largest absolute Gasteiger partial charge is 0.478 e. The summed E-state index contributed by atoms with van der Waals surface area (Å²) < 4.78 is 12.3. The molecule has 0 saturated carbocycles. The van der Waals surface area contributed by atoms with Gasteiger partial charge in [0, 0.05) is 22.1 Å². The minimum absolute atomic E-state index is 0.0953. The molecule has 3 aromatic carbocycles. The summed E-state index contributed by atoms with van der Waals surface area (Å²) in [4.78, 5) is 23.4. The highest BCUT2D eigenvalue weighted by molar-refractivity contribution is 7.85. The number of aromatic carboxylic acids is 1. The van der Waals surface area contributed by atoms with Crippen molar-refractivity contribution in [1.82, 2.24) is 0 Å². The topological polar surface area (TPSA) is 71.4 Å². The van der Waals surface area contributed by atoms with E-state index in [0.29, 0.717) is 11.1 Å². The molecule has 27 heavy (non-hydrogen) atoms. The molecule has 4 nitrogen and oxygen atoms in total. The van der Waals surface area contributed by atoms with Gasteiger partial charge in [-0.15, -0.1) is 0 Å². The first-order valence-electron chi connectivity index (χ1n) is 8.39. The fourth-order valence-corrected chi connectivity index (χ4v) is 3.85. The Morgan fingerprint density at radius 2 is 1.44 bits per heavy atom. The van der Waals surface area contributed by atoms with E-state index >= 15 is 0 Å². The Bertz CT molecular complexity index is 979. The summed E-state index contributed by atoms with van der Waals surface area (Å²) in [6.07, 6.45) is 0. The molecule has 0 fully saturated rings. The molecule has 1 unspecified atom stereocenters. The fraction of sp³-hybridized carbons (Fsp3) is 0.0909. The molecule has 136 valence electrons. The fourth-order valence-electron chi connectivity index (χ4n) is 2.74. The van der Waals surface area contributed by atoms with E-state index in [4.69, 9.17) is 5.11 Å². The van der Waals surface area contributed by atoms with Crippen LogP contribution in [0.4, 0.5) is 0 Å². The van der Waals surface area contributed by atoms with Crippen molar-refractivity contribution in [2.45, 2.75) is 5.75 Å². The van der Waals surface area contributed by atoms with E-state index < -0.39 is 16.8 Å². The number of rotatable bonds is 7. The minimum atomic E-state index is -1.41. The third kappa shape index (κ3) is 4.99. The summed E-state index contributed by atoms with van der Waals surface area (Å²) in [6.45, 7) is 0. The highest BCUT2D eigenvalue weighted by atomic mass is 32.2. The molecule has 0 radical (unpaired) electrons. The van der Waals surface area contributed by atoms with Crippen LogP contribution in [0.2, 0.25) is 0 Å². The summed E-state index contributed by atoms with van der Waals surface area (Å²) in [5.74, 6) is -1.17. The number of hydrogen-bond donors (Lipinski definition) is 1. The zero-order valence-corrected chi connectivity index (χ0v) is 15.3. The molecule has 1 N–H and O–H groups in total. The Labute approximate surface area is 159 Å². The van der Waals surface area contributed by atoms with Crippen LogP contribution in [-0.2, 0) is 16.6 Å². The first-order chi connectivity index (χ1) is 13.0. The van der Waals surface area contributed by atoms with Crippen LogP contribution in [0.3, 0.4) is 0 Å². The van der Waals surface area contributed by atoms with E-state index in [0.717, 1.165) is 11.1 Å². The van der Waals surface area contributed by atoms with Crippen LogP contribution in [0.15, 0.2) is 78.9 Å². The maximum absolute atomic E-state index is 12.4. The highest BCUT2D eigenvalue weighted by Crippen LogP contribution is 2.19. The molecule has 0 amide bonds. The zero-order valence-electron chi connectivity index (χ0n) is 14.5. The Morgan fingerprint density at radius 3 is 2.11 bits per heavy atom. The molecule has 0 aliphatic rings. The number of benzene rings is 3. The van der Waals surface area contributed by atoms with Crippen LogP contribution in [0, 0.1) is 0 Å². The van der Waals surface area contributed by atoms with Gasteiger partial charge >= 0.3 is 5.97 Å². The van der Waals surface area contributed by atoms with E-state index in [2.05, 4.69) is 0 Å². The van der Waals surface area contributed by atoms with Gasteiger partial charge < -0.3 is 5.11 Å². The van der Waals surface area contributed by atoms with E-state index in [1.807, 2.05) is 42.5 Å². The van der Waals surface area contributed by atoms with E-state index in [-0.39, 0.29) is 22.9 Å². The molecule has 0 saturated heterocycles. The SMILES string of the molecule is O=C(O)c1cccc(CS(=O)CC(=O)c2ccc(-c3ccccc3)cc2)c1. The number of carbonyl (C=O) groups is 2. The van der Waals surface area contributed by atoms with Crippen molar-refractivity contribution in [2.24, 2.45) is 0 Å². The van der Waals surface area contributed by atoms with Gasteiger partial charge in [-0.05, 0) is 28.8 Å². The van der Waals surface area contributed by atoms with Crippen molar-refractivity contribution in [3.63, 3.8) is 0 Å². The van der Waals surface area contributed by atoms with Gasteiger partial charge in [-0.25, -0.2) is 4.79 Å². The number of carbonyl (C=O) groups excluding carboxylic acids is 1. The lowest BCUT2D eigenvalue weighted by Crippen LogP contribution is -2.12. The van der Waals surface area contributed by atoms with E-state index in [9.17, 15) is 13.8 Å². The number of Topliss-reactive ketones (excluding diaryl/α,β-unsaturated/α-hetero) is 1. The number of hydrogen-bond acceptors (Lipinski definition) is 3. The lowest BCUT2D eigenvalue weighted by Gasteiger charge is -2.05. The molecule has 0 spiro atoms. The molecule has 0 aliphatic carbocycles. The summed E-state index contributed by atoms with van der Waals surface area (Å²) in [5, 5.41) is 9.01. The zero-order chi connectivity index (χ0) is 19.2. The molecule has 3 aromatic rings. The third-order valence-electron chi connectivity index (χ3n) is 4.11. The first-order valence-corrected chi connectivity index (χ1v) is 9.87. The normalized spacial score (nSPS) is 11.7. The monoisotopic (exact) mass is 378 g/mol. The Kier molecular flexibility index (Phi) is 5.94. The summed E-state index contributed by atoms with van der Waals surface area (Å²) >= 11 is 0. The maximum Gasteiger partial charge on any atom is 0.335 e. The van der Waals surface area contributed by atoms with Crippen LogP contribution >= 0.6 is 0 Å². The number of carboxylic acid groups (broad SMARTS) is 1. The average Bonchev–Trinajstić information content (AvgIpc) is 2.69. The van der Waals surface area contributed by atoms with Crippen LogP contribution < -0.4 is 0 Å². The van der Waals surface area contributed by atoms with Gasteiger partial charge in [-0.2, -0.15) is 0 Å². The van der Waals surface area contributed by atoms with Crippen molar-refractivity contribution in [3.8, 4) is 11.1 Å². The van der Waals surface area contributed by atoms with Gasteiger partial charge in [0.05, 0.1) is 11.3 Å². The Morgan fingerprint density at radius 1 is 0.778 bits per heavy atom.